The van der Waals surface area contributed by atoms with Crippen molar-refractivity contribution < 1.29 is 23.5 Å². The predicted molar refractivity (Wildman–Crippen MR) is 168 cm³/mol. The normalized spacial score (nSPS) is 16.8. The van der Waals surface area contributed by atoms with Gasteiger partial charge in [-0.1, -0.05) is 18.9 Å². The van der Waals surface area contributed by atoms with Crippen molar-refractivity contribution in [1.82, 2.24) is 20.2 Å². The van der Waals surface area contributed by atoms with Gasteiger partial charge in [-0.05, 0) is 49.8 Å². The van der Waals surface area contributed by atoms with Gasteiger partial charge in [-0.2, -0.15) is 5.10 Å². The molecule has 2 unspecified atom stereocenters. The first-order chi connectivity index (χ1) is 20.7. The molecule has 2 saturated heterocycles. The van der Waals surface area contributed by atoms with Crippen LogP contribution in [0.5, 0.6) is 0 Å². The van der Waals surface area contributed by atoms with Crippen LogP contribution in [0.2, 0.25) is 0 Å². The minimum atomic E-state index is -0.529. The number of hydrazone groups is 1. The molecule has 1 aromatic carbocycles. The van der Waals surface area contributed by atoms with Crippen LogP contribution in [0.25, 0.3) is 0 Å². The van der Waals surface area contributed by atoms with E-state index < -0.39 is 18.0 Å². The Morgan fingerprint density at radius 2 is 2.02 bits per heavy atom. The highest BCUT2D eigenvalue weighted by Crippen LogP contribution is 2.29. The molecule has 2 fully saturated rings. The van der Waals surface area contributed by atoms with E-state index in [0.29, 0.717) is 55.0 Å². The number of ether oxygens (including phenoxy) is 1. The van der Waals surface area contributed by atoms with E-state index in [-0.39, 0.29) is 24.9 Å². The van der Waals surface area contributed by atoms with Gasteiger partial charge in [0.2, 0.25) is 5.91 Å². The molecule has 2 atom stereocenters. The zero-order chi connectivity index (χ0) is 30.9. The van der Waals surface area contributed by atoms with Crippen LogP contribution < -0.4 is 20.4 Å². The van der Waals surface area contributed by atoms with E-state index in [0.717, 1.165) is 18.4 Å². The highest BCUT2D eigenvalue weighted by atomic mass is 31.0. The maximum absolute atomic E-state index is 15.5. The third kappa shape index (κ3) is 8.50. The van der Waals surface area contributed by atoms with Crippen molar-refractivity contribution >= 4 is 50.0 Å². The molecule has 43 heavy (non-hydrogen) atoms. The van der Waals surface area contributed by atoms with Crippen LogP contribution in [-0.4, -0.2) is 90.9 Å². The number of amides is 3. The number of rotatable bonds is 11. The molecular formula is C30H39FN7O4P. The fourth-order valence-electron chi connectivity index (χ4n) is 4.90. The summed E-state index contributed by atoms with van der Waals surface area (Å²) in [7, 11) is 2.56. The topological polar surface area (TPSA) is 111 Å². The van der Waals surface area contributed by atoms with Crippen LogP contribution in [0.3, 0.4) is 0 Å². The van der Waals surface area contributed by atoms with Crippen LogP contribution in [0, 0.1) is 5.82 Å². The van der Waals surface area contributed by atoms with Gasteiger partial charge in [-0.15, -0.1) is 9.24 Å². The second-order valence-electron chi connectivity index (χ2n) is 10.7. The molecule has 1 N–H and O–H groups in total. The Bertz CT molecular complexity index is 1340. The number of aromatic nitrogens is 1. The van der Waals surface area contributed by atoms with Crippen molar-refractivity contribution in [2.24, 2.45) is 5.10 Å². The monoisotopic (exact) mass is 611 g/mol. The fraction of sp³-hybridized carbons (Fsp3) is 0.433. The summed E-state index contributed by atoms with van der Waals surface area (Å²) in [5.74, 6) is -1.04. The van der Waals surface area contributed by atoms with E-state index >= 15 is 4.39 Å². The first-order valence-electron chi connectivity index (χ1n) is 14.4. The molecule has 0 spiro atoms. The van der Waals surface area contributed by atoms with E-state index in [2.05, 4.69) is 31.6 Å². The van der Waals surface area contributed by atoms with Crippen LogP contribution >= 0.6 is 9.24 Å². The first-order valence-corrected chi connectivity index (χ1v) is 15.0. The SMILES string of the molecule is CCC/C=N/N(C=C(C)C)CC1CN(c2cc(F)c(N3CCN(C(=O)CNC(=O)c4cccnc4)CC3)c(P)c2)C(=O)O1. The second kappa shape index (κ2) is 14.9. The number of hydrogen-bond acceptors (Lipinski definition) is 8. The zero-order valence-electron chi connectivity index (χ0n) is 24.8. The van der Waals surface area contributed by atoms with Gasteiger partial charge < -0.3 is 19.9 Å². The highest BCUT2D eigenvalue weighted by Gasteiger charge is 2.34. The number of cyclic esters (lactones) is 1. The lowest BCUT2D eigenvalue weighted by Gasteiger charge is -2.37. The molecule has 11 nitrogen and oxygen atoms in total. The van der Waals surface area contributed by atoms with E-state index in [4.69, 9.17) is 4.74 Å². The second-order valence-corrected chi connectivity index (χ2v) is 11.3. The van der Waals surface area contributed by atoms with Crippen molar-refractivity contribution in [3.8, 4) is 0 Å². The summed E-state index contributed by atoms with van der Waals surface area (Å²) >= 11 is 0. The third-order valence-electron chi connectivity index (χ3n) is 6.98. The van der Waals surface area contributed by atoms with Gasteiger partial charge in [0.05, 0.1) is 36.6 Å². The number of piperazine rings is 1. The van der Waals surface area contributed by atoms with Crippen molar-refractivity contribution in [2.45, 2.75) is 39.7 Å². The van der Waals surface area contributed by atoms with Crippen molar-refractivity contribution in [2.75, 3.05) is 55.6 Å². The summed E-state index contributed by atoms with van der Waals surface area (Å²) in [5.41, 5.74) is 2.28. The zero-order valence-corrected chi connectivity index (χ0v) is 26.0. The number of carbonyl (C=O) groups excluding carboxylic acids is 3. The summed E-state index contributed by atoms with van der Waals surface area (Å²) in [5, 5.41) is 9.49. The first kappa shape index (κ1) is 31.9. The number of benzene rings is 1. The Hall–Kier alpha value is -4.05. The quantitative estimate of drug-likeness (QED) is 0.236. The molecule has 1 aromatic heterocycles. The third-order valence-corrected chi connectivity index (χ3v) is 7.42. The summed E-state index contributed by atoms with van der Waals surface area (Å²) in [6, 6.07) is 6.39. The summed E-state index contributed by atoms with van der Waals surface area (Å²) in [4.78, 5) is 46.6. The Morgan fingerprint density at radius 1 is 1.26 bits per heavy atom. The summed E-state index contributed by atoms with van der Waals surface area (Å²) < 4.78 is 21.1. The number of allylic oxidation sites excluding steroid dienone is 1. The number of nitrogens with zero attached hydrogens (tertiary/aromatic N) is 6. The van der Waals surface area contributed by atoms with E-state index in [9.17, 15) is 14.4 Å². The average molecular weight is 612 g/mol. The molecule has 0 saturated carbocycles. The molecule has 0 radical (unpaired) electrons. The van der Waals surface area contributed by atoms with E-state index in [1.165, 1.54) is 17.2 Å². The molecule has 0 bridgehead atoms. The summed E-state index contributed by atoms with van der Waals surface area (Å²) in [6.07, 6.45) is 7.63. The molecule has 0 aliphatic carbocycles. The highest BCUT2D eigenvalue weighted by molar-refractivity contribution is 7.28. The Labute approximate surface area is 253 Å². The molecule has 2 aliphatic rings. The van der Waals surface area contributed by atoms with Gasteiger partial charge in [-0.25, -0.2) is 9.18 Å². The standard InChI is InChI=1S/C30H39FN7O4P/c1-4-5-9-34-37(18-21(2)3)19-24-20-38(30(41)42-24)23-14-25(31)28(26(43)15-23)36-12-10-35(11-13-36)27(39)17-33-29(40)22-7-6-8-32-16-22/h6-9,14-16,18,24H,4-5,10-13,17,19-20,43H2,1-3H3,(H,33,40)/b34-9+. The largest absolute Gasteiger partial charge is 0.442 e. The van der Waals surface area contributed by atoms with Crippen LogP contribution in [-0.2, 0) is 9.53 Å². The van der Waals surface area contributed by atoms with Gasteiger partial charge in [0.25, 0.3) is 5.91 Å². The minimum Gasteiger partial charge on any atom is -0.442 e. The molecule has 3 heterocycles. The van der Waals surface area contributed by atoms with Crippen molar-refractivity contribution in [3.63, 3.8) is 0 Å². The number of unbranched alkanes of at least 4 members (excludes halogenated alkanes) is 1. The van der Waals surface area contributed by atoms with Gasteiger partial charge in [0.1, 0.15) is 11.9 Å². The Balaban J connectivity index is 1.34. The van der Waals surface area contributed by atoms with Gasteiger partial charge >= 0.3 is 6.09 Å². The lowest BCUT2D eigenvalue weighted by molar-refractivity contribution is -0.130. The lowest BCUT2D eigenvalue weighted by atomic mass is 10.2. The number of carbonyl (C=O) groups is 3. The average Bonchev–Trinajstić information content (AvgIpc) is 3.35. The molecule has 2 aliphatic heterocycles. The molecule has 230 valence electrons. The predicted octanol–water partition coefficient (Wildman–Crippen LogP) is 3.14. The molecular weight excluding hydrogens is 572 g/mol. The van der Waals surface area contributed by atoms with Crippen LogP contribution in [0.4, 0.5) is 20.6 Å². The maximum Gasteiger partial charge on any atom is 0.414 e. The van der Waals surface area contributed by atoms with Gasteiger partial charge in [0.15, 0.2) is 0 Å². The van der Waals surface area contributed by atoms with Gasteiger partial charge in [0, 0.05) is 51.0 Å². The molecule has 4 rings (SSSR count). The molecule has 2 aromatic rings. The Kier molecular flexibility index (Phi) is 11.1. The van der Waals surface area contributed by atoms with Gasteiger partial charge in [-0.3, -0.25) is 24.5 Å². The molecule has 13 heteroatoms. The molecule has 3 amide bonds. The lowest BCUT2D eigenvalue weighted by Crippen LogP contribution is -2.52. The van der Waals surface area contributed by atoms with E-state index in [1.807, 2.05) is 31.2 Å². The van der Waals surface area contributed by atoms with Crippen molar-refractivity contribution in [1.29, 1.82) is 0 Å². The fourth-order valence-corrected chi connectivity index (χ4v) is 5.39. The summed E-state index contributed by atoms with van der Waals surface area (Å²) in [6.45, 7) is 8.18. The van der Waals surface area contributed by atoms with E-state index in [1.54, 1.807) is 34.3 Å². The smallest absolute Gasteiger partial charge is 0.414 e. The Morgan fingerprint density at radius 3 is 2.67 bits per heavy atom. The number of halogens is 1. The maximum atomic E-state index is 15.5. The van der Waals surface area contributed by atoms with Crippen LogP contribution in [0.1, 0.15) is 44.0 Å². The van der Waals surface area contributed by atoms with Crippen LogP contribution in [0.15, 0.2) is 53.5 Å². The van der Waals surface area contributed by atoms with Crippen molar-refractivity contribution in [3.05, 3.63) is 59.8 Å². The number of nitrogens with one attached hydrogen (secondary N) is 1. The minimum absolute atomic E-state index is 0.129. The number of anilines is 2. The number of hydrogen-bond donors (Lipinski definition) is 1. The number of pyridine rings is 1.